The van der Waals surface area contributed by atoms with Crippen molar-refractivity contribution in [1.82, 2.24) is 5.32 Å². The Bertz CT molecular complexity index is 643. The number of ether oxygens (including phenoxy) is 2. The summed E-state index contributed by atoms with van der Waals surface area (Å²) in [6.45, 7) is 4.30. The van der Waals surface area contributed by atoms with E-state index in [4.69, 9.17) is 9.47 Å². The van der Waals surface area contributed by atoms with Crippen molar-refractivity contribution in [1.29, 1.82) is 0 Å². The number of thioether (sulfide) groups is 1. The number of hydrogen-bond acceptors (Lipinski definition) is 6. The van der Waals surface area contributed by atoms with Crippen LogP contribution in [0.25, 0.3) is 0 Å². The summed E-state index contributed by atoms with van der Waals surface area (Å²) in [6.07, 6.45) is 0.112. The summed E-state index contributed by atoms with van der Waals surface area (Å²) < 4.78 is 9.31. The van der Waals surface area contributed by atoms with Gasteiger partial charge in [-0.1, -0.05) is 11.8 Å². The number of nitrogens with zero attached hydrogens (tertiary/aromatic N) is 1. The molecule has 2 atom stereocenters. The standard InChI is InChI=1S/C15H16N2O4S/c1-3-20-11-6-4-10(5-7-11)16-14-17-12(18)15(22-14)8-9(2)21-13(15)19/h4-7,9H,3,8H2,1-2H3,(H,16,17,18)/t9-,15-/m1/s1. The predicted molar refractivity (Wildman–Crippen MR) is 83.3 cm³/mol. The zero-order valence-electron chi connectivity index (χ0n) is 12.3. The lowest BCUT2D eigenvalue weighted by Gasteiger charge is -2.10. The van der Waals surface area contributed by atoms with Crippen LogP contribution in [0.15, 0.2) is 29.3 Å². The number of carbonyl (C=O) groups is 2. The van der Waals surface area contributed by atoms with Crippen LogP contribution in [0, 0.1) is 0 Å². The van der Waals surface area contributed by atoms with Crippen LogP contribution in [0.5, 0.6) is 5.75 Å². The minimum Gasteiger partial charge on any atom is -0.494 e. The number of carbonyl (C=O) groups excluding carboxylic acids is 2. The Morgan fingerprint density at radius 1 is 1.41 bits per heavy atom. The highest BCUT2D eigenvalue weighted by atomic mass is 32.2. The molecule has 2 aliphatic heterocycles. The van der Waals surface area contributed by atoms with Gasteiger partial charge in [-0.15, -0.1) is 0 Å². The number of hydrogen-bond donors (Lipinski definition) is 1. The smallest absolute Gasteiger partial charge is 0.332 e. The van der Waals surface area contributed by atoms with E-state index in [2.05, 4.69) is 10.3 Å². The van der Waals surface area contributed by atoms with Crippen LogP contribution in [0.4, 0.5) is 5.69 Å². The number of amides is 1. The van der Waals surface area contributed by atoms with Gasteiger partial charge in [0.05, 0.1) is 12.3 Å². The Morgan fingerprint density at radius 3 is 2.73 bits per heavy atom. The van der Waals surface area contributed by atoms with Gasteiger partial charge < -0.3 is 14.8 Å². The summed E-state index contributed by atoms with van der Waals surface area (Å²) in [7, 11) is 0. The van der Waals surface area contributed by atoms with E-state index in [-0.39, 0.29) is 12.0 Å². The Labute approximate surface area is 132 Å². The molecule has 1 amide bonds. The molecule has 1 aromatic rings. The van der Waals surface area contributed by atoms with E-state index in [1.54, 1.807) is 19.1 Å². The van der Waals surface area contributed by atoms with Crippen molar-refractivity contribution >= 4 is 34.5 Å². The fourth-order valence-corrected chi connectivity index (χ4v) is 3.68. The number of aliphatic imine (C=N–C) groups is 1. The van der Waals surface area contributed by atoms with Crippen molar-refractivity contribution in [3.05, 3.63) is 24.3 Å². The van der Waals surface area contributed by atoms with Crippen molar-refractivity contribution in [3.63, 3.8) is 0 Å². The van der Waals surface area contributed by atoms with Crippen LogP contribution in [0.1, 0.15) is 20.3 Å². The van der Waals surface area contributed by atoms with Crippen molar-refractivity contribution < 1.29 is 19.1 Å². The summed E-state index contributed by atoms with van der Waals surface area (Å²) in [5.74, 6) is -0.0739. The number of nitrogens with one attached hydrogen (secondary N) is 1. The quantitative estimate of drug-likeness (QED) is 0.681. The largest absolute Gasteiger partial charge is 0.494 e. The molecule has 0 aromatic heterocycles. The molecule has 7 heteroatoms. The van der Waals surface area contributed by atoms with Gasteiger partial charge in [-0.3, -0.25) is 4.79 Å². The van der Waals surface area contributed by atoms with E-state index >= 15 is 0 Å². The molecule has 0 bridgehead atoms. The molecule has 22 heavy (non-hydrogen) atoms. The topological polar surface area (TPSA) is 77.0 Å². The lowest BCUT2D eigenvalue weighted by atomic mass is 10.0. The average Bonchev–Trinajstić information content (AvgIpc) is 2.93. The SMILES string of the molecule is CCOc1ccc(N=C2NC(=O)[C@@]3(C[C@@H](C)OC3=O)S2)cc1. The first-order valence-electron chi connectivity index (χ1n) is 7.06. The Hall–Kier alpha value is -2.02. The minimum atomic E-state index is -1.18. The average molecular weight is 320 g/mol. The molecule has 1 N–H and O–H groups in total. The second-order valence-electron chi connectivity index (χ2n) is 5.15. The van der Waals surface area contributed by atoms with Gasteiger partial charge in [0, 0.05) is 6.42 Å². The second kappa shape index (κ2) is 5.64. The molecule has 2 heterocycles. The third-order valence-corrected chi connectivity index (χ3v) is 4.70. The summed E-state index contributed by atoms with van der Waals surface area (Å²) >= 11 is 1.13. The van der Waals surface area contributed by atoms with Gasteiger partial charge in [0.25, 0.3) is 5.91 Å². The van der Waals surface area contributed by atoms with Crippen molar-refractivity contribution in [3.8, 4) is 5.75 Å². The lowest BCUT2D eigenvalue weighted by molar-refractivity contribution is -0.144. The third-order valence-electron chi connectivity index (χ3n) is 3.45. The van der Waals surface area contributed by atoms with E-state index in [1.807, 2.05) is 19.1 Å². The molecule has 1 spiro atoms. The maximum atomic E-state index is 12.2. The van der Waals surface area contributed by atoms with Crippen molar-refractivity contribution in [2.75, 3.05) is 6.61 Å². The Kier molecular flexibility index (Phi) is 3.82. The van der Waals surface area contributed by atoms with Crippen LogP contribution in [-0.4, -0.2) is 34.5 Å². The summed E-state index contributed by atoms with van der Waals surface area (Å²) in [6, 6.07) is 7.22. The predicted octanol–water partition coefficient (Wildman–Crippen LogP) is 2.01. The molecule has 2 fully saturated rings. The molecule has 0 aliphatic carbocycles. The minimum absolute atomic E-state index is 0.254. The highest BCUT2D eigenvalue weighted by molar-refractivity contribution is 8.17. The Balaban J connectivity index is 1.79. The molecule has 116 valence electrons. The maximum Gasteiger partial charge on any atom is 0.332 e. The van der Waals surface area contributed by atoms with Crippen LogP contribution < -0.4 is 10.1 Å². The molecular weight excluding hydrogens is 304 g/mol. The van der Waals surface area contributed by atoms with E-state index in [1.165, 1.54) is 0 Å². The van der Waals surface area contributed by atoms with Gasteiger partial charge in [-0.2, -0.15) is 0 Å². The van der Waals surface area contributed by atoms with Crippen molar-refractivity contribution in [2.24, 2.45) is 4.99 Å². The monoisotopic (exact) mass is 320 g/mol. The highest BCUT2D eigenvalue weighted by Gasteiger charge is 2.59. The molecule has 0 unspecified atom stereocenters. The van der Waals surface area contributed by atoms with Gasteiger partial charge in [-0.05, 0) is 38.1 Å². The van der Waals surface area contributed by atoms with Crippen LogP contribution in [0.2, 0.25) is 0 Å². The first-order chi connectivity index (χ1) is 10.5. The summed E-state index contributed by atoms with van der Waals surface area (Å²) in [5, 5.41) is 3.08. The fourth-order valence-electron chi connectivity index (χ4n) is 2.46. The molecule has 3 rings (SSSR count). The van der Waals surface area contributed by atoms with Gasteiger partial charge >= 0.3 is 5.97 Å². The van der Waals surface area contributed by atoms with Gasteiger partial charge in [0.1, 0.15) is 11.9 Å². The Morgan fingerprint density at radius 2 is 2.14 bits per heavy atom. The molecule has 2 saturated heterocycles. The zero-order chi connectivity index (χ0) is 15.7. The van der Waals surface area contributed by atoms with Crippen LogP contribution in [0.3, 0.4) is 0 Å². The molecule has 0 saturated carbocycles. The van der Waals surface area contributed by atoms with E-state index in [9.17, 15) is 9.59 Å². The zero-order valence-corrected chi connectivity index (χ0v) is 13.1. The molecule has 0 radical (unpaired) electrons. The highest BCUT2D eigenvalue weighted by Crippen LogP contribution is 2.42. The summed E-state index contributed by atoms with van der Waals surface area (Å²) in [5.41, 5.74) is 0.683. The van der Waals surface area contributed by atoms with E-state index in [0.717, 1.165) is 17.5 Å². The number of esters is 1. The van der Waals surface area contributed by atoms with Crippen molar-refractivity contribution in [2.45, 2.75) is 31.1 Å². The third kappa shape index (κ3) is 2.56. The number of amidine groups is 1. The van der Waals surface area contributed by atoms with Gasteiger partial charge in [-0.25, -0.2) is 9.79 Å². The summed E-state index contributed by atoms with van der Waals surface area (Å²) in [4.78, 5) is 28.5. The second-order valence-corrected chi connectivity index (χ2v) is 6.43. The van der Waals surface area contributed by atoms with Crippen LogP contribution in [-0.2, 0) is 14.3 Å². The van der Waals surface area contributed by atoms with Gasteiger partial charge in [0.2, 0.25) is 4.75 Å². The first kappa shape index (κ1) is 14.9. The normalized spacial score (nSPS) is 29.0. The first-order valence-corrected chi connectivity index (χ1v) is 7.88. The fraction of sp³-hybridized carbons (Fsp3) is 0.400. The van der Waals surface area contributed by atoms with Gasteiger partial charge in [0.15, 0.2) is 5.17 Å². The number of benzene rings is 1. The van der Waals surface area contributed by atoms with Crippen LogP contribution >= 0.6 is 11.8 Å². The molecule has 2 aliphatic rings. The molecular formula is C15H16N2O4S. The molecule has 6 nitrogen and oxygen atoms in total. The maximum absolute atomic E-state index is 12.2. The lowest BCUT2D eigenvalue weighted by Crippen LogP contribution is -2.40. The van der Waals surface area contributed by atoms with E-state index in [0.29, 0.717) is 23.9 Å². The van der Waals surface area contributed by atoms with E-state index < -0.39 is 10.7 Å². The molecule has 1 aromatic carbocycles. The number of rotatable bonds is 3. The number of cyclic esters (lactones) is 1.